The van der Waals surface area contributed by atoms with Crippen molar-refractivity contribution in [2.45, 2.75) is 13.3 Å². The molecule has 79 valence electrons. The summed E-state index contributed by atoms with van der Waals surface area (Å²) in [6.07, 6.45) is 2.17. The van der Waals surface area contributed by atoms with Gasteiger partial charge in [-0.05, 0) is 12.8 Å². The highest BCUT2D eigenvalue weighted by Gasteiger charge is 2.17. The van der Waals surface area contributed by atoms with Crippen molar-refractivity contribution in [3.05, 3.63) is 50.4 Å². The van der Waals surface area contributed by atoms with E-state index >= 15 is 0 Å². The average Bonchev–Trinajstić information content (AvgIpc) is 2.17. The number of benzene rings is 1. The summed E-state index contributed by atoms with van der Waals surface area (Å²) in [4.78, 5) is 19.9. The van der Waals surface area contributed by atoms with Crippen molar-refractivity contribution >= 4 is 11.4 Å². The smallest absolute Gasteiger partial charge is 0.258 e. The first-order valence-electron chi connectivity index (χ1n) is 4.32. The van der Waals surface area contributed by atoms with Gasteiger partial charge in [0.25, 0.3) is 11.4 Å². The van der Waals surface area contributed by atoms with E-state index in [0.717, 1.165) is 12.1 Å². The van der Waals surface area contributed by atoms with Gasteiger partial charge in [-0.25, -0.2) is 0 Å². The third-order valence-electron chi connectivity index (χ3n) is 1.84. The van der Waals surface area contributed by atoms with Gasteiger partial charge in [0.05, 0.1) is 9.85 Å². The standard InChI is InChI=1S/C9H9N2O4/c1-2-3-7-6-8(10(12)13)4-5-9(7)11(14)15/h3-6H,2H2,1H3. The number of hydrogen-bond donors (Lipinski definition) is 0. The van der Waals surface area contributed by atoms with Crippen molar-refractivity contribution in [2.24, 2.45) is 0 Å². The molecule has 0 aliphatic carbocycles. The molecule has 0 amide bonds. The average molecular weight is 209 g/mol. The maximum absolute atomic E-state index is 10.6. The summed E-state index contributed by atoms with van der Waals surface area (Å²) in [5.74, 6) is 0. The van der Waals surface area contributed by atoms with Gasteiger partial charge in [-0.3, -0.25) is 20.2 Å². The molecule has 15 heavy (non-hydrogen) atoms. The van der Waals surface area contributed by atoms with E-state index in [4.69, 9.17) is 0 Å². The molecule has 0 spiro atoms. The number of hydrogen-bond acceptors (Lipinski definition) is 4. The topological polar surface area (TPSA) is 86.3 Å². The van der Waals surface area contributed by atoms with Crippen LogP contribution in [-0.2, 0) is 0 Å². The van der Waals surface area contributed by atoms with E-state index < -0.39 is 9.85 Å². The molecule has 6 nitrogen and oxygen atoms in total. The van der Waals surface area contributed by atoms with E-state index in [2.05, 4.69) is 0 Å². The van der Waals surface area contributed by atoms with Crippen LogP contribution in [0, 0.1) is 26.6 Å². The second-order valence-electron chi connectivity index (χ2n) is 2.87. The molecule has 0 aliphatic rings. The van der Waals surface area contributed by atoms with Crippen molar-refractivity contribution in [2.75, 3.05) is 0 Å². The number of nitro benzene ring substituents is 2. The van der Waals surface area contributed by atoms with E-state index in [1.807, 2.05) is 6.92 Å². The van der Waals surface area contributed by atoms with Crippen LogP contribution in [-0.4, -0.2) is 9.85 Å². The predicted molar refractivity (Wildman–Crippen MR) is 53.4 cm³/mol. The van der Waals surface area contributed by atoms with E-state index in [-0.39, 0.29) is 16.9 Å². The Morgan fingerprint density at radius 1 is 1.27 bits per heavy atom. The number of nitrogens with zero attached hydrogens (tertiary/aromatic N) is 2. The van der Waals surface area contributed by atoms with Gasteiger partial charge in [0.2, 0.25) is 0 Å². The summed E-state index contributed by atoms with van der Waals surface area (Å²) in [5, 5.41) is 21.1. The Labute approximate surface area is 85.8 Å². The summed E-state index contributed by atoms with van der Waals surface area (Å²) in [6.45, 7) is 1.81. The minimum absolute atomic E-state index is 0.109. The van der Waals surface area contributed by atoms with Gasteiger partial charge >= 0.3 is 0 Å². The van der Waals surface area contributed by atoms with Crippen LogP contribution < -0.4 is 0 Å². The quantitative estimate of drug-likeness (QED) is 0.562. The van der Waals surface area contributed by atoms with Crippen LogP contribution in [0.25, 0.3) is 0 Å². The zero-order valence-corrected chi connectivity index (χ0v) is 8.04. The van der Waals surface area contributed by atoms with Gasteiger partial charge in [-0.15, -0.1) is 0 Å². The highest BCUT2D eigenvalue weighted by Crippen LogP contribution is 2.25. The molecule has 0 aliphatic heterocycles. The minimum Gasteiger partial charge on any atom is -0.258 e. The molecule has 0 bridgehead atoms. The van der Waals surface area contributed by atoms with Gasteiger partial charge < -0.3 is 0 Å². The Balaban J connectivity index is 3.20. The van der Waals surface area contributed by atoms with E-state index in [1.165, 1.54) is 6.07 Å². The summed E-state index contributed by atoms with van der Waals surface area (Å²) < 4.78 is 0. The molecule has 0 aromatic heterocycles. The number of nitro groups is 2. The summed E-state index contributed by atoms with van der Waals surface area (Å²) in [5.41, 5.74) is 0.0412. The highest BCUT2D eigenvalue weighted by molar-refractivity contribution is 5.51. The lowest BCUT2D eigenvalue weighted by Gasteiger charge is -2.00. The summed E-state index contributed by atoms with van der Waals surface area (Å²) >= 11 is 0. The predicted octanol–water partition coefficient (Wildman–Crippen LogP) is 2.47. The van der Waals surface area contributed by atoms with E-state index in [1.54, 1.807) is 6.42 Å². The molecule has 0 atom stereocenters. The van der Waals surface area contributed by atoms with Crippen molar-refractivity contribution in [1.29, 1.82) is 0 Å². The lowest BCUT2D eigenvalue weighted by atomic mass is 10.1. The molecule has 1 rings (SSSR count). The van der Waals surface area contributed by atoms with Gasteiger partial charge in [-0.1, -0.05) is 6.92 Å². The van der Waals surface area contributed by atoms with Crippen LogP contribution in [0.5, 0.6) is 0 Å². The largest absolute Gasteiger partial charge is 0.273 e. The van der Waals surface area contributed by atoms with Crippen LogP contribution >= 0.6 is 0 Å². The maximum atomic E-state index is 10.6. The van der Waals surface area contributed by atoms with Crippen molar-refractivity contribution in [3.63, 3.8) is 0 Å². The van der Waals surface area contributed by atoms with Crippen molar-refractivity contribution in [3.8, 4) is 0 Å². The SMILES string of the molecule is CC[CH]c1cc([N+](=O)[O-])ccc1[N+](=O)[O-]. The Hall–Kier alpha value is -1.98. The normalized spacial score (nSPS) is 9.93. The van der Waals surface area contributed by atoms with Crippen molar-refractivity contribution < 1.29 is 9.85 Å². The van der Waals surface area contributed by atoms with Crippen LogP contribution in [0.3, 0.4) is 0 Å². The van der Waals surface area contributed by atoms with Crippen molar-refractivity contribution in [1.82, 2.24) is 0 Å². The Morgan fingerprint density at radius 3 is 2.40 bits per heavy atom. The fourth-order valence-corrected chi connectivity index (χ4v) is 1.21. The summed E-state index contributed by atoms with van der Waals surface area (Å²) in [6, 6.07) is 3.49. The highest BCUT2D eigenvalue weighted by atomic mass is 16.6. The Kier molecular flexibility index (Phi) is 3.33. The first-order chi connectivity index (χ1) is 7.06. The van der Waals surface area contributed by atoms with Gasteiger partial charge in [0, 0.05) is 23.8 Å². The van der Waals surface area contributed by atoms with Crippen LogP contribution in [0.15, 0.2) is 18.2 Å². The molecule has 0 saturated carbocycles. The maximum Gasteiger partial charge on any atom is 0.273 e. The van der Waals surface area contributed by atoms with Crippen LogP contribution in [0.1, 0.15) is 18.9 Å². The summed E-state index contributed by atoms with van der Waals surface area (Å²) in [7, 11) is 0. The third-order valence-corrected chi connectivity index (χ3v) is 1.84. The molecule has 0 heterocycles. The second kappa shape index (κ2) is 4.50. The Morgan fingerprint density at radius 2 is 1.93 bits per heavy atom. The van der Waals surface area contributed by atoms with Gasteiger partial charge in [0.15, 0.2) is 0 Å². The molecule has 1 aromatic carbocycles. The lowest BCUT2D eigenvalue weighted by molar-refractivity contribution is -0.389. The molecule has 0 saturated heterocycles. The number of rotatable bonds is 4. The minimum atomic E-state index is -0.573. The zero-order chi connectivity index (χ0) is 11.4. The van der Waals surface area contributed by atoms with Crippen LogP contribution in [0.4, 0.5) is 11.4 Å². The van der Waals surface area contributed by atoms with Crippen LogP contribution in [0.2, 0.25) is 0 Å². The Bertz CT molecular complexity index is 403. The monoisotopic (exact) mass is 209 g/mol. The fraction of sp³-hybridized carbons (Fsp3) is 0.222. The molecule has 1 radical (unpaired) electrons. The number of non-ortho nitro benzene ring substituents is 1. The molecular weight excluding hydrogens is 200 g/mol. The van der Waals surface area contributed by atoms with E-state index in [9.17, 15) is 20.2 Å². The lowest BCUT2D eigenvalue weighted by Crippen LogP contribution is -1.96. The first kappa shape index (κ1) is 11.1. The fourth-order valence-electron chi connectivity index (χ4n) is 1.21. The third kappa shape index (κ3) is 2.49. The molecule has 0 fully saturated rings. The molecular formula is C9H9N2O4. The molecule has 6 heteroatoms. The van der Waals surface area contributed by atoms with Gasteiger partial charge in [-0.2, -0.15) is 0 Å². The van der Waals surface area contributed by atoms with Gasteiger partial charge in [0.1, 0.15) is 0 Å². The zero-order valence-electron chi connectivity index (χ0n) is 8.04. The molecule has 1 aromatic rings. The second-order valence-corrected chi connectivity index (χ2v) is 2.87. The first-order valence-corrected chi connectivity index (χ1v) is 4.32. The van der Waals surface area contributed by atoms with E-state index in [0.29, 0.717) is 6.42 Å². The molecule has 0 unspecified atom stereocenters. The molecule has 0 N–H and O–H groups in total.